The second-order valence-corrected chi connectivity index (χ2v) is 8.07. The van der Waals surface area contributed by atoms with Crippen molar-refractivity contribution in [3.8, 4) is 0 Å². The third-order valence-corrected chi connectivity index (χ3v) is 6.61. The highest BCUT2D eigenvalue weighted by molar-refractivity contribution is 8.14. The van der Waals surface area contributed by atoms with E-state index in [1.165, 1.54) is 28.2 Å². The van der Waals surface area contributed by atoms with Gasteiger partial charge in [-0.2, -0.15) is 0 Å². The van der Waals surface area contributed by atoms with Crippen LogP contribution in [0.2, 0.25) is 0 Å². The number of sulfonamides is 1. The third-order valence-electron chi connectivity index (χ3n) is 3.61. The second kappa shape index (κ2) is 7.24. The van der Waals surface area contributed by atoms with Crippen molar-refractivity contribution in [3.63, 3.8) is 0 Å². The van der Waals surface area contributed by atoms with Crippen molar-refractivity contribution >= 4 is 32.6 Å². The molecular weight excluding hydrogens is 362 g/mol. The van der Waals surface area contributed by atoms with Gasteiger partial charge in [0.2, 0.25) is 0 Å². The number of nitro benzene ring substituents is 1. The molecule has 0 bridgehead atoms. The predicted octanol–water partition coefficient (Wildman–Crippen LogP) is 2.89. The van der Waals surface area contributed by atoms with Gasteiger partial charge in [0.25, 0.3) is 15.7 Å². The molecule has 0 N–H and O–H groups in total. The van der Waals surface area contributed by atoms with Gasteiger partial charge < -0.3 is 0 Å². The van der Waals surface area contributed by atoms with E-state index in [4.69, 9.17) is 0 Å². The monoisotopic (exact) mass is 377 g/mol. The molecule has 2 aromatic rings. The summed E-state index contributed by atoms with van der Waals surface area (Å²) in [4.78, 5) is 14.7. The molecule has 1 aliphatic rings. The van der Waals surface area contributed by atoms with Crippen molar-refractivity contribution in [2.24, 2.45) is 4.99 Å². The summed E-state index contributed by atoms with van der Waals surface area (Å²) in [5, 5.41) is 11.1. The second-order valence-electron chi connectivity index (χ2n) is 5.27. The van der Waals surface area contributed by atoms with Crippen LogP contribution in [0.4, 0.5) is 5.69 Å². The van der Waals surface area contributed by atoms with Crippen LogP contribution in [0.3, 0.4) is 0 Å². The number of nitro groups is 1. The van der Waals surface area contributed by atoms with Gasteiger partial charge in [-0.25, -0.2) is 12.7 Å². The fourth-order valence-electron chi connectivity index (χ4n) is 2.33. The number of rotatable bonds is 5. The van der Waals surface area contributed by atoms with Crippen LogP contribution in [0.5, 0.6) is 0 Å². The summed E-state index contributed by atoms with van der Waals surface area (Å²) in [5.74, 6) is 0.484. The highest BCUT2D eigenvalue weighted by atomic mass is 32.2. The summed E-state index contributed by atoms with van der Waals surface area (Å²) in [5.41, 5.74) is 0.891. The summed E-state index contributed by atoms with van der Waals surface area (Å²) >= 11 is 1.31. The summed E-state index contributed by atoms with van der Waals surface area (Å²) in [7, 11) is -3.62. The van der Waals surface area contributed by atoms with E-state index in [0.717, 1.165) is 5.56 Å². The van der Waals surface area contributed by atoms with E-state index >= 15 is 0 Å². The first kappa shape index (κ1) is 17.4. The van der Waals surface area contributed by atoms with E-state index < -0.39 is 14.9 Å². The number of non-ortho nitro benzene ring substituents is 1. The molecule has 25 heavy (non-hydrogen) atoms. The lowest BCUT2D eigenvalue weighted by molar-refractivity contribution is -0.384. The van der Waals surface area contributed by atoms with Crippen LogP contribution in [0.15, 0.2) is 64.5 Å². The first-order chi connectivity index (χ1) is 12.0. The molecular formula is C16H15N3O4S2. The SMILES string of the molecule is O=[N+]([O-])c1ccc(CSC2=NCCN2S(=O)(=O)c2ccccc2)cc1. The number of hydrogen-bond donors (Lipinski definition) is 0. The lowest BCUT2D eigenvalue weighted by Gasteiger charge is -2.19. The number of amidine groups is 1. The van der Waals surface area contributed by atoms with Crippen LogP contribution in [0.1, 0.15) is 5.56 Å². The Bertz CT molecular complexity index is 897. The van der Waals surface area contributed by atoms with E-state index in [-0.39, 0.29) is 10.6 Å². The van der Waals surface area contributed by atoms with Crippen molar-refractivity contribution in [3.05, 3.63) is 70.3 Å². The van der Waals surface area contributed by atoms with Gasteiger partial charge in [-0.15, -0.1) is 0 Å². The topological polar surface area (TPSA) is 92.9 Å². The predicted molar refractivity (Wildman–Crippen MR) is 97.0 cm³/mol. The van der Waals surface area contributed by atoms with Gasteiger partial charge in [0.05, 0.1) is 22.9 Å². The van der Waals surface area contributed by atoms with Crippen LogP contribution >= 0.6 is 11.8 Å². The Morgan fingerprint density at radius 3 is 2.44 bits per heavy atom. The third kappa shape index (κ3) is 3.83. The largest absolute Gasteiger partial charge is 0.269 e. The van der Waals surface area contributed by atoms with Crippen molar-refractivity contribution in [1.82, 2.24) is 4.31 Å². The van der Waals surface area contributed by atoms with E-state index in [9.17, 15) is 18.5 Å². The molecule has 0 saturated carbocycles. The average Bonchev–Trinajstić information content (AvgIpc) is 3.10. The van der Waals surface area contributed by atoms with Gasteiger partial charge in [0.1, 0.15) is 0 Å². The molecule has 9 heteroatoms. The Labute approximate surface area is 149 Å². The molecule has 2 aromatic carbocycles. The maximum atomic E-state index is 12.7. The molecule has 130 valence electrons. The number of benzene rings is 2. The van der Waals surface area contributed by atoms with Gasteiger partial charge >= 0.3 is 0 Å². The Balaban J connectivity index is 1.71. The molecule has 1 aliphatic heterocycles. The minimum atomic E-state index is -3.62. The number of hydrogen-bond acceptors (Lipinski definition) is 6. The van der Waals surface area contributed by atoms with Gasteiger partial charge in [-0.1, -0.05) is 42.1 Å². The maximum Gasteiger partial charge on any atom is 0.269 e. The molecule has 0 unspecified atom stereocenters. The molecule has 0 fully saturated rings. The highest BCUT2D eigenvalue weighted by Crippen LogP contribution is 2.26. The zero-order valence-electron chi connectivity index (χ0n) is 13.1. The smallest absolute Gasteiger partial charge is 0.260 e. The summed E-state index contributed by atoms with van der Waals surface area (Å²) in [6.07, 6.45) is 0. The van der Waals surface area contributed by atoms with Crippen LogP contribution in [-0.2, 0) is 15.8 Å². The molecule has 0 amide bonds. The molecule has 0 radical (unpaired) electrons. The molecule has 0 saturated heterocycles. The number of aliphatic imine (C=N–C) groups is 1. The first-order valence-corrected chi connectivity index (χ1v) is 9.89. The molecule has 7 nitrogen and oxygen atoms in total. The van der Waals surface area contributed by atoms with Crippen molar-refractivity contribution < 1.29 is 13.3 Å². The molecule has 3 rings (SSSR count). The standard InChI is InChI=1S/C16H15N3O4S2/c20-19(21)14-8-6-13(7-9-14)12-24-16-17-10-11-18(16)25(22,23)15-4-2-1-3-5-15/h1-9H,10-12H2. The van der Waals surface area contributed by atoms with E-state index in [1.807, 2.05) is 0 Å². The van der Waals surface area contributed by atoms with E-state index in [0.29, 0.717) is 24.0 Å². The van der Waals surface area contributed by atoms with Crippen molar-refractivity contribution in [2.45, 2.75) is 10.6 Å². The summed E-state index contributed by atoms with van der Waals surface area (Å²) < 4.78 is 26.8. The quantitative estimate of drug-likeness (QED) is 0.590. The summed E-state index contributed by atoms with van der Waals surface area (Å²) in [6, 6.07) is 14.5. The molecule has 0 aliphatic carbocycles. The number of nitrogens with zero attached hydrogens (tertiary/aromatic N) is 3. The van der Waals surface area contributed by atoms with Crippen molar-refractivity contribution in [2.75, 3.05) is 13.1 Å². The van der Waals surface area contributed by atoms with E-state index in [1.54, 1.807) is 42.5 Å². The lowest BCUT2D eigenvalue weighted by atomic mass is 10.2. The van der Waals surface area contributed by atoms with Crippen LogP contribution in [0, 0.1) is 10.1 Å². The molecule has 1 heterocycles. The van der Waals surface area contributed by atoms with Crippen molar-refractivity contribution in [1.29, 1.82) is 0 Å². The van der Waals surface area contributed by atoms with Gasteiger partial charge in [0.15, 0.2) is 5.17 Å². The van der Waals surface area contributed by atoms with E-state index in [2.05, 4.69) is 4.99 Å². The minimum absolute atomic E-state index is 0.0280. The normalized spacial score (nSPS) is 14.4. The van der Waals surface area contributed by atoms with Crippen LogP contribution in [-0.4, -0.2) is 35.9 Å². The Hall–Kier alpha value is -2.39. The zero-order valence-corrected chi connectivity index (χ0v) is 14.7. The Morgan fingerprint density at radius 2 is 1.80 bits per heavy atom. The maximum absolute atomic E-state index is 12.7. The Morgan fingerprint density at radius 1 is 1.12 bits per heavy atom. The fraction of sp³-hybridized carbons (Fsp3) is 0.188. The number of thioether (sulfide) groups is 1. The van der Waals surface area contributed by atoms with Crippen LogP contribution in [0.25, 0.3) is 0 Å². The molecule has 0 atom stereocenters. The zero-order chi connectivity index (χ0) is 17.9. The average molecular weight is 377 g/mol. The van der Waals surface area contributed by atoms with Crippen LogP contribution < -0.4 is 0 Å². The first-order valence-electron chi connectivity index (χ1n) is 7.47. The lowest BCUT2D eigenvalue weighted by Crippen LogP contribution is -2.32. The van der Waals surface area contributed by atoms with Gasteiger partial charge in [-0.05, 0) is 17.7 Å². The van der Waals surface area contributed by atoms with Gasteiger partial charge in [-0.3, -0.25) is 15.1 Å². The van der Waals surface area contributed by atoms with Gasteiger partial charge in [0, 0.05) is 17.9 Å². The minimum Gasteiger partial charge on any atom is -0.260 e. The molecule has 0 aromatic heterocycles. The summed E-state index contributed by atoms with van der Waals surface area (Å²) in [6.45, 7) is 0.745. The fourth-order valence-corrected chi connectivity index (χ4v) is 5.03. The molecule has 0 spiro atoms. The highest BCUT2D eigenvalue weighted by Gasteiger charge is 2.30. The Kier molecular flexibility index (Phi) is 5.05.